The number of nitrogens with zero attached hydrogens (tertiary/aromatic N) is 2. The van der Waals surface area contributed by atoms with Gasteiger partial charge in [-0.1, -0.05) is 18.2 Å². The highest BCUT2D eigenvalue weighted by Gasteiger charge is 2.00. The highest BCUT2D eigenvalue weighted by Crippen LogP contribution is 2.12. The standard InChI is InChI=1S/C11H14N4/c12-11(13)6-3-7-15-10-5-2-1-4-9(10)8-14-15/h1-2,4-5,8H,3,6-7H2,(H3,12,13). The number of hydrogen-bond donors (Lipinski definition) is 2. The van der Waals surface area contributed by atoms with Crippen LogP contribution in [-0.2, 0) is 6.54 Å². The number of hydrogen-bond acceptors (Lipinski definition) is 2. The largest absolute Gasteiger partial charge is 0.388 e. The van der Waals surface area contributed by atoms with E-state index in [1.165, 1.54) is 0 Å². The van der Waals surface area contributed by atoms with Crippen LogP contribution in [0.1, 0.15) is 12.8 Å². The molecule has 2 aromatic rings. The van der Waals surface area contributed by atoms with Gasteiger partial charge in [-0.25, -0.2) is 0 Å². The number of nitrogens with one attached hydrogen (secondary N) is 1. The third-order valence-electron chi connectivity index (χ3n) is 2.37. The minimum atomic E-state index is 0.242. The van der Waals surface area contributed by atoms with E-state index in [9.17, 15) is 0 Å². The lowest BCUT2D eigenvalue weighted by atomic mass is 10.2. The Balaban J connectivity index is 2.11. The predicted molar refractivity (Wildman–Crippen MR) is 60.9 cm³/mol. The molecule has 1 heterocycles. The molecule has 15 heavy (non-hydrogen) atoms. The number of fused-ring (bicyclic) bond motifs is 1. The third kappa shape index (κ3) is 2.15. The number of rotatable bonds is 4. The van der Waals surface area contributed by atoms with Crippen molar-refractivity contribution in [2.24, 2.45) is 5.73 Å². The van der Waals surface area contributed by atoms with Crippen molar-refractivity contribution in [2.75, 3.05) is 0 Å². The zero-order chi connectivity index (χ0) is 10.7. The Hall–Kier alpha value is -1.84. The lowest BCUT2D eigenvalue weighted by Gasteiger charge is -2.02. The van der Waals surface area contributed by atoms with Gasteiger partial charge in [0.15, 0.2) is 0 Å². The molecule has 0 spiro atoms. The number of para-hydroxylation sites is 1. The van der Waals surface area contributed by atoms with E-state index in [2.05, 4.69) is 11.2 Å². The summed E-state index contributed by atoms with van der Waals surface area (Å²) in [6, 6.07) is 8.11. The predicted octanol–water partition coefficient (Wildman–Crippen LogP) is 1.75. The molecule has 3 N–H and O–H groups in total. The maximum atomic E-state index is 7.13. The SMILES string of the molecule is N=C(N)CCCn1ncc2ccccc21. The molecule has 1 aromatic carbocycles. The van der Waals surface area contributed by atoms with Crippen LogP contribution in [0.5, 0.6) is 0 Å². The summed E-state index contributed by atoms with van der Waals surface area (Å²) >= 11 is 0. The summed E-state index contributed by atoms with van der Waals surface area (Å²) in [5, 5.41) is 12.6. The van der Waals surface area contributed by atoms with E-state index >= 15 is 0 Å². The quantitative estimate of drug-likeness (QED) is 0.586. The van der Waals surface area contributed by atoms with Gasteiger partial charge in [0.05, 0.1) is 17.5 Å². The summed E-state index contributed by atoms with van der Waals surface area (Å²) in [4.78, 5) is 0. The van der Waals surface area contributed by atoms with Crippen molar-refractivity contribution in [1.29, 1.82) is 5.41 Å². The van der Waals surface area contributed by atoms with E-state index in [0.29, 0.717) is 6.42 Å². The summed E-state index contributed by atoms with van der Waals surface area (Å²) < 4.78 is 1.96. The fraction of sp³-hybridized carbons (Fsp3) is 0.273. The number of aryl methyl sites for hydroxylation is 1. The summed E-state index contributed by atoms with van der Waals surface area (Å²) in [5.74, 6) is 0.242. The van der Waals surface area contributed by atoms with Gasteiger partial charge >= 0.3 is 0 Å². The molecule has 4 nitrogen and oxygen atoms in total. The van der Waals surface area contributed by atoms with Crippen molar-refractivity contribution in [3.63, 3.8) is 0 Å². The van der Waals surface area contributed by atoms with Crippen LogP contribution in [-0.4, -0.2) is 15.6 Å². The maximum absolute atomic E-state index is 7.13. The molecule has 0 saturated heterocycles. The Morgan fingerprint density at radius 2 is 2.20 bits per heavy atom. The van der Waals surface area contributed by atoms with E-state index in [4.69, 9.17) is 11.1 Å². The molecular weight excluding hydrogens is 188 g/mol. The Labute approximate surface area is 88.2 Å². The van der Waals surface area contributed by atoms with Gasteiger partial charge < -0.3 is 5.73 Å². The molecule has 0 aliphatic rings. The second-order valence-electron chi connectivity index (χ2n) is 3.56. The van der Waals surface area contributed by atoms with E-state index in [1.54, 1.807) is 0 Å². The van der Waals surface area contributed by atoms with Crippen LogP contribution in [0.15, 0.2) is 30.5 Å². The van der Waals surface area contributed by atoms with Crippen molar-refractivity contribution in [1.82, 2.24) is 9.78 Å². The van der Waals surface area contributed by atoms with Crippen LogP contribution in [0, 0.1) is 5.41 Å². The second kappa shape index (κ2) is 4.13. The molecule has 0 radical (unpaired) electrons. The van der Waals surface area contributed by atoms with Crippen LogP contribution >= 0.6 is 0 Å². The first-order valence-corrected chi connectivity index (χ1v) is 5.01. The van der Waals surface area contributed by atoms with Gasteiger partial charge in [-0.05, 0) is 12.5 Å². The Bertz CT molecular complexity index is 472. The fourth-order valence-corrected chi connectivity index (χ4v) is 1.62. The second-order valence-corrected chi connectivity index (χ2v) is 3.56. The molecule has 0 fully saturated rings. The smallest absolute Gasteiger partial charge is 0.0905 e. The van der Waals surface area contributed by atoms with Crippen LogP contribution in [0.3, 0.4) is 0 Å². The zero-order valence-corrected chi connectivity index (χ0v) is 8.48. The third-order valence-corrected chi connectivity index (χ3v) is 2.37. The van der Waals surface area contributed by atoms with E-state index in [0.717, 1.165) is 23.9 Å². The number of benzene rings is 1. The van der Waals surface area contributed by atoms with Crippen LogP contribution in [0.4, 0.5) is 0 Å². The summed E-state index contributed by atoms with van der Waals surface area (Å²) in [6.45, 7) is 0.813. The molecule has 1 aromatic heterocycles. The minimum absolute atomic E-state index is 0.242. The highest BCUT2D eigenvalue weighted by molar-refractivity contribution is 5.78. The molecule has 0 atom stereocenters. The first kappa shape index (κ1) is 9.71. The average molecular weight is 202 g/mol. The molecule has 0 aliphatic carbocycles. The fourth-order valence-electron chi connectivity index (χ4n) is 1.62. The van der Waals surface area contributed by atoms with Crippen LogP contribution in [0.2, 0.25) is 0 Å². The van der Waals surface area contributed by atoms with E-state index in [-0.39, 0.29) is 5.84 Å². The minimum Gasteiger partial charge on any atom is -0.388 e. The van der Waals surface area contributed by atoms with Gasteiger partial charge in [0, 0.05) is 18.4 Å². The van der Waals surface area contributed by atoms with Crippen molar-refractivity contribution in [3.05, 3.63) is 30.5 Å². The first-order valence-electron chi connectivity index (χ1n) is 5.01. The zero-order valence-electron chi connectivity index (χ0n) is 8.48. The number of amidine groups is 1. The molecule has 4 heteroatoms. The number of nitrogens with two attached hydrogens (primary N) is 1. The van der Waals surface area contributed by atoms with Crippen molar-refractivity contribution in [2.45, 2.75) is 19.4 Å². The Kier molecular flexibility index (Phi) is 2.67. The van der Waals surface area contributed by atoms with Gasteiger partial charge in [-0.2, -0.15) is 5.10 Å². The van der Waals surface area contributed by atoms with Crippen LogP contribution in [0.25, 0.3) is 10.9 Å². The van der Waals surface area contributed by atoms with Crippen molar-refractivity contribution < 1.29 is 0 Å². The van der Waals surface area contributed by atoms with Gasteiger partial charge in [0.25, 0.3) is 0 Å². The van der Waals surface area contributed by atoms with Gasteiger partial charge in [-0.15, -0.1) is 0 Å². The molecule has 0 bridgehead atoms. The van der Waals surface area contributed by atoms with E-state index < -0.39 is 0 Å². The van der Waals surface area contributed by atoms with Crippen molar-refractivity contribution >= 4 is 16.7 Å². The van der Waals surface area contributed by atoms with Gasteiger partial charge in [0.1, 0.15) is 0 Å². The Morgan fingerprint density at radius 1 is 1.40 bits per heavy atom. The van der Waals surface area contributed by atoms with Crippen molar-refractivity contribution in [3.8, 4) is 0 Å². The molecule has 0 amide bonds. The molecule has 78 valence electrons. The normalized spacial score (nSPS) is 10.7. The Morgan fingerprint density at radius 3 is 3.00 bits per heavy atom. The van der Waals surface area contributed by atoms with Gasteiger partial charge in [0.2, 0.25) is 0 Å². The first-order chi connectivity index (χ1) is 7.27. The maximum Gasteiger partial charge on any atom is 0.0905 e. The van der Waals surface area contributed by atoms with E-state index in [1.807, 2.05) is 29.1 Å². The average Bonchev–Trinajstić information content (AvgIpc) is 2.62. The molecule has 0 aliphatic heterocycles. The summed E-state index contributed by atoms with van der Waals surface area (Å²) in [6.07, 6.45) is 3.36. The number of aromatic nitrogens is 2. The highest BCUT2D eigenvalue weighted by atomic mass is 15.3. The lowest BCUT2D eigenvalue weighted by molar-refractivity contribution is 0.606. The topological polar surface area (TPSA) is 67.7 Å². The summed E-state index contributed by atoms with van der Waals surface area (Å²) in [5.41, 5.74) is 6.44. The van der Waals surface area contributed by atoms with Crippen LogP contribution < -0.4 is 5.73 Å². The monoisotopic (exact) mass is 202 g/mol. The molecule has 0 unspecified atom stereocenters. The molecule has 2 rings (SSSR count). The molecular formula is C11H14N4. The van der Waals surface area contributed by atoms with Gasteiger partial charge in [-0.3, -0.25) is 10.1 Å². The molecule has 0 saturated carbocycles. The lowest BCUT2D eigenvalue weighted by Crippen LogP contribution is -2.10. The summed E-state index contributed by atoms with van der Waals surface area (Å²) in [7, 11) is 0.